The average Bonchev–Trinajstić information content (AvgIpc) is 2.99. The number of nitriles is 1. The van der Waals surface area contributed by atoms with E-state index in [1.165, 1.54) is 18.4 Å². The number of imidazole rings is 1. The Labute approximate surface area is 160 Å². The van der Waals surface area contributed by atoms with Gasteiger partial charge in [0.25, 0.3) is 0 Å². The van der Waals surface area contributed by atoms with Crippen LogP contribution >= 0.6 is 0 Å². The number of hydrogen-bond donors (Lipinski definition) is 0. The van der Waals surface area contributed by atoms with Crippen LogP contribution in [0.1, 0.15) is 19.2 Å². The normalized spacial score (nSPS) is 18.9. The van der Waals surface area contributed by atoms with Gasteiger partial charge in [-0.3, -0.25) is 4.90 Å². The number of ether oxygens (including phenoxy) is 1. The van der Waals surface area contributed by atoms with Crippen LogP contribution in [-0.4, -0.2) is 67.1 Å². The first-order valence-electron chi connectivity index (χ1n) is 9.01. The summed E-state index contributed by atoms with van der Waals surface area (Å²) in [6.07, 6.45) is 0.932. The van der Waals surface area contributed by atoms with E-state index in [-0.39, 0.29) is 10.9 Å². The first-order valence-corrected chi connectivity index (χ1v) is 10.5. The van der Waals surface area contributed by atoms with Crippen LogP contribution in [0.25, 0.3) is 11.0 Å². The number of hydrogen-bond acceptors (Lipinski definition) is 6. The topological polar surface area (TPSA) is 91.5 Å². The minimum Gasteiger partial charge on any atom is -0.377 e. The Balaban J connectivity index is 2.02. The molecule has 0 aliphatic carbocycles. The molecule has 3 rings (SSSR count). The van der Waals surface area contributed by atoms with Crippen molar-refractivity contribution in [2.24, 2.45) is 0 Å². The van der Waals surface area contributed by atoms with Crippen molar-refractivity contribution in [1.82, 2.24) is 18.8 Å². The molecule has 0 bridgehead atoms. The molecule has 0 radical (unpaired) electrons. The molecule has 1 fully saturated rings. The third kappa shape index (κ3) is 3.84. The minimum atomic E-state index is -3.51. The second-order valence-electron chi connectivity index (χ2n) is 6.81. The third-order valence-electron chi connectivity index (χ3n) is 4.76. The van der Waals surface area contributed by atoms with Gasteiger partial charge in [0.15, 0.2) is 0 Å². The molecular formula is C18H25N5O3S. The summed E-state index contributed by atoms with van der Waals surface area (Å²) < 4.78 is 33.6. The molecule has 1 unspecified atom stereocenters. The lowest BCUT2D eigenvalue weighted by Gasteiger charge is -2.30. The second kappa shape index (κ2) is 7.94. The van der Waals surface area contributed by atoms with Crippen LogP contribution in [0, 0.1) is 11.3 Å². The van der Waals surface area contributed by atoms with Crippen LogP contribution in [0.5, 0.6) is 0 Å². The second-order valence-corrected chi connectivity index (χ2v) is 8.96. The highest BCUT2D eigenvalue weighted by atomic mass is 32.2. The number of rotatable bonds is 6. The van der Waals surface area contributed by atoms with Crippen LogP contribution in [0.3, 0.4) is 0 Å². The van der Waals surface area contributed by atoms with Crippen molar-refractivity contribution < 1.29 is 13.2 Å². The number of benzene rings is 1. The van der Waals surface area contributed by atoms with E-state index >= 15 is 0 Å². The zero-order valence-corrected chi connectivity index (χ0v) is 16.7. The van der Waals surface area contributed by atoms with Gasteiger partial charge in [-0.1, -0.05) is 6.92 Å². The highest BCUT2D eigenvalue weighted by Gasteiger charge is 2.25. The molecule has 146 valence electrons. The standard InChI is InChI=1S/C18H25N5O3S/c1-4-7-23-17-6-5-15(27(24,25)21(2)3)10-16(17)20-18(23)12-22-8-9-26-13-14(22)11-19/h5-6,10,14H,4,7-9,12-13H2,1-3H3. The van der Waals surface area contributed by atoms with Crippen molar-refractivity contribution in [1.29, 1.82) is 5.26 Å². The zero-order chi connectivity index (χ0) is 19.6. The first kappa shape index (κ1) is 19.8. The van der Waals surface area contributed by atoms with Crippen LogP contribution in [0.15, 0.2) is 23.1 Å². The lowest BCUT2D eigenvalue weighted by atomic mass is 10.2. The quantitative estimate of drug-likeness (QED) is 0.740. The average molecular weight is 391 g/mol. The van der Waals surface area contributed by atoms with E-state index in [0.717, 1.165) is 24.3 Å². The Morgan fingerprint density at radius 2 is 2.19 bits per heavy atom. The lowest BCUT2D eigenvalue weighted by molar-refractivity contribution is 0.00736. The molecule has 1 atom stereocenters. The highest BCUT2D eigenvalue weighted by molar-refractivity contribution is 7.89. The van der Waals surface area contributed by atoms with Crippen molar-refractivity contribution >= 4 is 21.1 Å². The maximum atomic E-state index is 12.4. The Kier molecular flexibility index (Phi) is 5.81. The maximum absolute atomic E-state index is 12.4. The SMILES string of the molecule is CCCn1c(CN2CCOCC2C#N)nc2cc(S(=O)(=O)N(C)C)ccc21. The smallest absolute Gasteiger partial charge is 0.242 e. The van der Waals surface area contributed by atoms with Crippen LogP contribution in [0.2, 0.25) is 0 Å². The summed E-state index contributed by atoms with van der Waals surface area (Å²) in [5.41, 5.74) is 1.56. The monoisotopic (exact) mass is 391 g/mol. The number of sulfonamides is 1. The van der Waals surface area contributed by atoms with Gasteiger partial charge in [0, 0.05) is 27.2 Å². The minimum absolute atomic E-state index is 0.231. The molecule has 1 aromatic carbocycles. The van der Waals surface area contributed by atoms with E-state index in [1.807, 2.05) is 6.07 Å². The molecule has 1 aliphatic rings. The fourth-order valence-corrected chi connectivity index (χ4v) is 4.17. The van der Waals surface area contributed by atoms with Gasteiger partial charge in [0.05, 0.1) is 41.8 Å². The fraction of sp³-hybridized carbons (Fsp3) is 0.556. The van der Waals surface area contributed by atoms with E-state index in [2.05, 4.69) is 22.5 Å². The maximum Gasteiger partial charge on any atom is 0.242 e. The molecule has 1 aromatic heterocycles. The number of fused-ring (bicyclic) bond motifs is 1. The predicted molar refractivity (Wildman–Crippen MR) is 102 cm³/mol. The fourth-order valence-electron chi connectivity index (χ4n) is 3.25. The number of aromatic nitrogens is 2. The largest absolute Gasteiger partial charge is 0.377 e. The van der Waals surface area contributed by atoms with Crippen molar-refractivity contribution in [3.8, 4) is 6.07 Å². The van der Waals surface area contributed by atoms with Gasteiger partial charge in [-0.2, -0.15) is 5.26 Å². The van der Waals surface area contributed by atoms with Gasteiger partial charge < -0.3 is 9.30 Å². The van der Waals surface area contributed by atoms with Crippen LogP contribution in [0.4, 0.5) is 0 Å². The molecule has 1 saturated heterocycles. The Bertz CT molecular complexity index is 961. The molecule has 0 spiro atoms. The van der Waals surface area contributed by atoms with Gasteiger partial charge in [0.2, 0.25) is 10.0 Å². The molecule has 8 nitrogen and oxygen atoms in total. The highest BCUT2D eigenvalue weighted by Crippen LogP contribution is 2.24. The lowest BCUT2D eigenvalue weighted by Crippen LogP contribution is -2.44. The summed E-state index contributed by atoms with van der Waals surface area (Å²) in [7, 11) is -0.480. The molecule has 0 saturated carbocycles. The van der Waals surface area contributed by atoms with E-state index < -0.39 is 10.0 Å². The number of nitrogens with zero attached hydrogens (tertiary/aromatic N) is 5. The summed E-state index contributed by atoms with van der Waals surface area (Å²) in [5, 5.41) is 9.36. The number of aryl methyl sites for hydroxylation is 1. The van der Waals surface area contributed by atoms with Crippen LogP contribution in [-0.2, 0) is 27.8 Å². The summed E-state index contributed by atoms with van der Waals surface area (Å²) in [5.74, 6) is 0.841. The molecule has 2 aromatic rings. The Morgan fingerprint density at radius 3 is 2.85 bits per heavy atom. The first-order chi connectivity index (χ1) is 12.9. The van der Waals surface area contributed by atoms with E-state index in [0.29, 0.717) is 31.8 Å². The van der Waals surface area contributed by atoms with Crippen molar-refractivity contribution in [3.63, 3.8) is 0 Å². The third-order valence-corrected chi connectivity index (χ3v) is 6.57. The predicted octanol–water partition coefficient (Wildman–Crippen LogP) is 1.42. The van der Waals surface area contributed by atoms with Gasteiger partial charge in [0.1, 0.15) is 11.9 Å². The summed E-state index contributed by atoms with van der Waals surface area (Å²) in [4.78, 5) is 7.01. The van der Waals surface area contributed by atoms with Crippen LogP contribution < -0.4 is 0 Å². The summed E-state index contributed by atoms with van der Waals surface area (Å²) in [6.45, 7) is 5.08. The number of morpholine rings is 1. The molecule has 2 heterocycles. The summed E-state index contributed by atoms with van der Waals surface area (Å²) in [6, 6.07) is 7.06. The molecule has 1 aliphatic heterocycles. The van der Waals surface area contributed by atoms with Crippen molar-refractivity contribution in [2.75, 3.05) is 33.9 Å². The Morgan fingerprint density at radius 1 is 1.41 bits per heavy atom. The molecule has 27 heavy (non-hydrogen) atoms. The van der Waals surface area contributed by atoms with Gasteiger partial charge >= 0.3 is 0 Å². The van der Waals surface area contributed by atoms with Gasteiger partial charge in [-0.05, 0) is 24.6 Å². The Hall–Kier alpha value is -1.99. The van der Waals surface area contributed by atoms with Crippen molar-refractivity contribution in [3.05, 3.63) is 24.0 Å². The van der Waals surface area contributed by atoms with Gasteiger partial charge in [-0.15, -0.1) is 0 Å². The van der Waals surface area contributed by atoms with Gasteiger partial charge in [-0.25, -0.2) is 17.7 Å². The van der Waals surface area contributed by atoms with Crippen molar-refractivity contribution in [2.45, 2.75) is 37.4 Å². The molecule has 0 N–H and O–H groups in total. The summed E-state index contributed by atoms with van der Waals surface area (Å²) >= 11 is 0. The van der Waals surface area contributed by atoms with E-state index in [1.54, 1.807) is 12.1 Å². The van der Waals surface area contributed by atoms with E-state index in [4.69, 9.17) is 9.72 Å². The molecular weight excluding hydrogens is 366 g/mol. The zero-order valence-electron chi connectivity index (χ0n) is 15.9. The molecule has 9 heteroatoms. The van der Waals surface area contributed by atoms with E-state index in [9.17, 15) is 13.7 Å². The molecule has 0 amide bonds.